The second-order valence-electron chi connectivity index (χ2n) is 4.01. The van der Waals surface area contributed by atoms with Crippen LogP contribution in [0.5, 0.6) is 0 Å². The molecule has 0 saturated carbocycles. The molecule has 0 bridgehead atoms. The lowest BCUT2D eigenvalue weighted by Crippen LogP contribution is -2.12. The summed E-state index contributed by atoms with van der Waals surface area (Å²) in [5.74, 6) is 0.905. The van der Waals surface area contributed by atoms with Crippen LogP contribution in [0.3, 0.4) is 0 Å². The van der Waals surface area contributed by atoms with E-state index in [2.05, 4.69) is 27.0 Å². The van der Waals surface area contributed by atoms with E-state index in [9.17, 15) is 0 Å². The Balaban J connectivity index is 2.35. The Kier molecular flexibility index (Phi) is 3.63. The molecule has 1 heterocycles. The number of nitriles is 1. The molecular weight excluding hydrogens is 290 g/mol. The molecule has 0 spiro atoms. The van der Waals surface area contributed by atoms with Crippen molar-refractivity contribution >= 4 is 27.4 Å². The molecule has 18 heavy (non-hydrogen) atoms. The molecule has 0 saturated heterocycles. The van der Waals surface area contributed by atoms with Gasteiger partial charge in [-0.3, -0.25) is 0 Å². The first-order valence-electron chi connectivity index (χ1n) is 5.48. The molecule has 1 aromatic heterocycles. The Morgan fingerprint density at radius 1 is 1.28 bits per heavy atom. The van der Waals surface area contributed by atoms with E-state index in [4.69, 9.17) is 5.26 Å². The van der Waals surface area contributed by atoms with Gasteiger partial charge in [0.1, 0.15) is 5.82 Å². The zero-order valence-electron chi connectivity index (χ0n) is 10.2. The van der Waals surface area contributed by atoms with Gasteiger partial charge in [0.05, 0.1) is 11.6 Å². The Morgan fingerprint density at radius 2 is 1.94 bits per heavy atom. The highest BCUT2D eigenvalue weighted by atomic mass is 79.9. The molecule has 0 radical (unpaired) electrons. The van der Waals surface area contributed by atoms with Crippen LogP contribution in [0.4, 0.5) is 11.5 Å². The fourth-order valence-corrected chi connectivity index (χ4v) is 2.21. The number of hydrogen-bond acceptors (Lipinski definition) is 3. The van der Waals surface area contributed by atoms with Gasteiger partial charge in [0.25, 0.3) is 0 Å². The van der Waals surface area contributed by atoms with Crippen molar-refractivity contribution in [2.24, 2.45) is 0 Å². The molecule has 0 unspecified atom stereocenters. The molecule has 0 fully saturated rings. The average molecular weight is 302 g/mol. The third-order valence-electron chi connectivity index (χ3n) is 2.72. The van der Waals surface area contributed by atoms with Gasteiger partial charge in [0.2, 0.25) is 0 Å². The first kappa shape index (κ1) is 12.6. The highest BCUT2D eigenvalue weighted by Crippen LogP contribution is 2.26. The Morgan fingerprint density at radius 3 is 2.50 bits per heavy atom. The lowest BCUT2D eigenvalue weighted by atomic mass is 10.2. The highest BCUT2D eigenvalue weighted by Gasteiger charge is 2.08. The van der Waals surface area contributed by atoms with Crippen molar-refractivity contribution < 1.29 is 0 Å². The van der Waals surface area contributed by atoms with Crippen LogP contribution in [0.1, 0.15) is 11.1 Å². The van der Waals surface area contributed by atoms with Gasteiger partial charge in [-0.05, 0) is 58.7 Å². The fraction of sp³-hybridized carbons (Fsp3) is 0.143. The molecule has 0 aliphatic heterocycles. The SMILES string of the molecule is Cc1cc(Br)cnc1N(C)c1ccc(C#N)cc1. The number of rotatable bonds is 2. The number of hydrogen-bond donors (Lipinski definition) is 0. The van der Waals surface area contributed by atoms with E-state index in [1.807, 2.05) is 37.1 Å². The van der Waals surface area contributed by atoms with Crippen molar-refractivity contribution in [3.8, 4) is 6.07 Å². The molecule has 2 aromatic rings. The number of nitrogens with zero attached hydrogens (tertiary/aromatic N) is 3. The van der Waals surface area contributed by atoms with Crippen LogP contribution < -0.4 is 4.90 Å². The predicted molar refractivity (Wildman–Crippen MR) is 75.9 cm³/mol. The predicted octanol–water partition coefficient (Wildman–Crippen LogP) is 3.79. The average Bonchev–Trinajstić information content (AvgIpc) is 2.38. The topological polar surface area (TPSA) is 39.9 Å². The zero-order valence-corrected chi connectivity index (χ0v) is 11.8. The van der Waals surface area contributed by atoms with Crippen LogP contribution in [0, 0.1) is 18.3 Å². The number of benzene rings is 1. The van der Waals surface area contributed by atoms with E-state index in [-0.39, 0.29) is 0 Å². The minimum Gasteiger partial charge on any atom is -0.329 e. The first-order valence-corrected chi connectivity index (χ1v) is 6.27. The summed E-state index contributed by atoms with van der Waals surface area (Å²) < 4.78 is 0.969. The third kappa shape index (κ3) is 2.52. The number of aromatic nitrogens is 1. The molecule has 90 valence electrons. The summed E-state index contributed by atoms with van der Waals surface area (Å²) in [5, 5.41) is 8.78. The quantitative estimate of drug-likeness (QED) is 0.847. The molecule has 1 aromatic carbocycles. The van der Waals surface area contributed by atoms with Gasteiger partial charge < -0.3 is 4.90 Å². The molecule has 0 aliphatic rings. The van der Waals surface area contributed by atoms with Crippen LogP contribution in [-0.2, 0) is 0 Å². The van der Waals surface area contributed by atoms with E-state index in [1.54, 1.807) is 18.3 Å². The summed E-state index contributed by atoms with van der Waals surface area (Å²) in [5.41, 5.74) is 2.76. The second kappa shape index (κ2) is 5.19. The lowest BCUT2D eigenvalue weighted by Gasteiger charge is -2.20. The molecule has 3 nitrogen and oxygen atoms in total. The molecular formula is C14H12BrN3. The van der Waals surface area contributed by atoms with Gasteiger partial charge in [-0.2, -0.15) is 5.26 Å². The minimum atomic E-state index is 0.660. The van der Waals surface area contributed by atoms with Gasteiger partial charge in [-0.15, -0.1) is 0 Å². The van der Waals surface area contributed by atoms with Crippen molar-refractivity contribution in [3.63, 3.8) is 0 Å². The Bertz CT molecular complexity index is 599. The van der Waals surface area contributed by atoms with Crippen LogP contribution >= 0.6 is 15.9 Å². The molecule has 0 aliphatic carbocycles. The van der Waals surface area contributed by atoms with Gasteiger partial charge in [0.15, 0.2) is 0 Å². The van der Waals surface area contributed by atoms with Gasteiger partial charge in [0, 0.05) is 23.4 Å². The monoisotopic (exact) mass is 301 g/mol. The van der Waals surface area contributed by atoms with E-state index in [1.165, 1.54) is 0 Å². The maximum Gasteiger partial charge on any atom is 0.135 e. The van der Waals surface area contributed by atoms with Crippen molar-refractivity contribution in [2.75, 3.05) is 11.9 Å². The molecule has 0 amide bonds. The van der Waals surface area contributed by atoms with E-state index in [0.717, 1.165) is 21.5 Å². The Labute approximate surface area is 115 Å². The fourth-order valence-electron chi connectivity index (χ4n) is 1.77. The zero-order chi connectivity index (χ0) is 13.1. The summed E-state index contributed by atoms with van der Waals surface area (Å²) in [7, 11) is 1.96. The molecule has 0 atom stereocenters. The van der Waals surface area contributed by atoms with Crippen molar-refractivity contribution in [2.45, 2.75) is 6.92 Å². The van der Waals surface area contributed by atoms with Gasteiger partial charge in [-0.25, -0.2) is 4.98 Å². The van der Waals surface area contributed by atoms with Gasteiger partial charge in [-0.1, -0.05) is 0 Å². The van der Waals surface area contributed by atoms with Crippen LogP contribution in [0.15, 0.2) is 41.0 Å². The van der Waals surface area contributed by atoms with Crippen LogP contribution in [0.2, 0.25) is 0 Å². The number of anilines is 2. The summed E-state index contributed by atoms with van der Waals surface area (Å²) in [6, 6.07) is 11.6. The largest absolute Gasteiger partial charge is 0.329 e. The molecule has 2 rings (SSSR count). The lowest BCUT2D eigenvalue weighted by molar-refractivity contribution is 1.10. The van der Waals surface area contributed by atoms with E-state index >= 15 is 0 Å². The number of halogens is 1. The van der Waals surface area contributed by atoms with Crippen LogP contribution in [-0.4, -0.2) is 12.0 Å². The summed E-state index contributed by atoms with van der Waals surface area (Å²) in [6.07, 6.45) is 1.78. The third-order valence-corrected chi connectivity index (χ3v) is 3.15. The molecule has 4 heteroatoms. The standard InChI is InChI=1S/C14H12BrN3/c1-10-7-12(15)9-17-14(10)18(2)13-5-3-11(8-16)4-6-13/h3-7,9H,1-2H3. The first-order chi connectivity index (χ1) is 8.61. The van der Waals surface area contributed by atoms with E-state index < -0.39 is 0 Å². The normalized spacial score (nSPS) is 9.89. The Hall–Kier alpha value is -1.86. The molecule has 0 N–H and O–H groups in total. The second-order valence-corrected chi connectivity index (χ2v) is 4.93. The van der Waals surface area contributed by atoms with Crippen molar-refractivity contribution in [3.05, 3.63) is 52.1 Å². The van der Waals surface area contributed by atoms with Crippen LogP contribution in [0.25, 0.3) is 0 Å². The van der Waals surface area contributed by atoms with Crippen molar-refractivity contribution in [1.29, 1.82) is 5.26 Å². The highest BCUT2D eigenvalue weighted by molar-refractivity contribution is 9.10. The summed E-state index contributed by atoms with van der Waals surface area (Å²) in [6.45, 7) is 2.02. The van der Waals surface area contributed by atoms with E-state index in [0.29, 0.717) is 5.56 Å². The summed E-state index contributed by atoms with van der Waals surface area (Å²) >= 11 is 3.40. The summed E-state index contributed by atoms with van der Waals surface area (Å²) in [4.78, 5) is 6.41. The van der Waals surface area contributed by atoms with Gasteiger partial charge >= 0.3 is 0 Å². The maximum absolute atomic E-state index is 8.78. The minimum absolute atomic E-state index is 0.660. The van der Waals surface area contributed by atoms with Crippen molar-refractivity contribution in [1.82, 2.24) is 4.98 Å². The maximum atomic E-state index is 8.78. The number of pyridine rings is 1. The smallest absolute Gasteiger partial charge is 0.135 e. The number of aryl methyl sites for hydroxylation is 1.